The van der Waals surface area contributed by atoms with Crippen LogP contribution in [0.5, 0.6) is 0 Å². The molecule has 2 aromatic rings. The van der Waals surface area contributed by atoms with Crippen molar-refractivity contribution in [1.29, 1.82) is 0 Å². The van der Waals surface area contributed by atoms with Gasteiger partial charge in [-0.25, -0.2) is 9.97 Å². The van der Waals surface area contributed by atoms with E-state index in [9.17, 15) is 8.78 Å². The molecule has 4 N–H and O–H groups in total. The monoisotopic (exact) mass is 302 g/mol. The van der Waals surface area contributed by atoms with Gasteiger partial charge in [0.15, 0.2) is 0 Å². The molecule has 0 atom stereocenters. The molecule has 7 heteroatoms. The molecule has 4 nitrogen and oxygen atoms in total. The van der Waals surface area contributed by atoms with Crippen LogP contribution in [0.3, 0.4) is 0 Å². The Bertz CT molecular complexity index is 486. The molecule has 0 aromatic carbocycles. The van der Waals surface area contributed by atoms with Crippen LogP contribution in [0.2, 0.25) is 0 Å². The van der Waals surface area contributed by atoms with Gasteiger partial charge in [0.2, 0.25) is 11.9 Å². The predicted octanol–water partition coefficient (Wildman–Crippen LogP) is 2.37. The zero-order chi connectivity index (χ0) is 12.8. The van der Waals surface area contributed by atoms with Gasteiger partial charge in [0, 0.05) is 6.20 Å². The molecule has 0 aliphatic heterocycles. The van der Waals surface area contributed by atoms with Crippen molar-refractivity contribution in [2.24, 2.45) is 0 Å². The standard InChI is InChI=1S/C5H4BrFN2.C5H5FN2/c6-4-2-1-3(8)5(7)9-4;6-5-4(7)2-1-3-8-5/h1-2H,8H2;1-3H,7H2. The van der Waals surface area contributed by atoms with Crippen LogP contribution in [0, 0.1) is 11.9 Å². The van der Waals surface area contributed by atoms with Crippen molar-refractivity contribution in [1.82, 2.24) is 9.97 Å². The van der Waals surface area contributed by atoms with Gasteiger partial charge in [-0.1, -0.05) is 0 Å². The highest BCUT2D eigenvalue weighted by atomic mass is 79.9. The summed E-state index contributed by atoms with van der Waals surface area (Å²) in [7, 11) is 0. The van der Waals surface area contributed by atoms with Crippen LogP contribution < -0.4 is 11.5 Å². The molecule has 0 radical (unpaired) electrons. The number of nitrogen functional groups attached to an aromatic ring is 2. The van der Waals surface area contributed by atoms with E-state index in [1.807, 2.05) is 0 Å². The third-order valence-electron chi connectivity index (χ3n) is 1.63. The normalized spacial score (nSPS) is 9.35. The molecule has 17 heavy (non-hydrogen) atoms. The number of halogens is 3. The van der Waals surface area contributed by atoms with Crippen LogP contribution in [-0.2, 0) is 0 Å². The Morgan fingerprint density at radius 2 is 1.65 bits per heavy atom. The Labute approximate surface area is 105 Å². The predicted molar refractivity (Wildman–Crippen MR) is 64.9 cm³/mol. The average molecular weight is 303 g/mol. The summed E-state index contributed by atoms with van der Waals surface area (Å²) in [6.07, 6.45) is 1.35. The van der Waals surface area contributed by atoms with Crippen molar-refractivity contribution >= 4 is 27.3 Å². The minimum absolute atomic E-state index is 0.0678. The largest absolute Gasteiger partial charge is 0.395 e. The summed E-state index contributed by atoms with van der Waals surface area (Å²) < 4.78 is 24.8. The summed E-state index contributed by atoms with van der Waals surface area (Å²) in [6, 6.07) is 6.07. The lowest BCUT2D eigenvalue weighted by Gasteiger charge is -1.92. The second-order valence-corrected chi connectivity index (χ2v) is 3.71. The van der Waals surface area contributed by atoms with Crippen molar-refractivity contribution in [3.8, 4) is 0 Å². The lowest BCUT2D eigenvalue weighted by Crippen LogP contribution is -1.92. The first-order valence-electron chi connectivity index (χ1n) is 4.44. The van der Waals surface area contributed by atoms with Crippen LogP contribution in [-0.4, -0.2) is 9.97 Å². The summed E-state index contributed by atoms with van der Waals surface area (Å²) in [4.78, 5) is 6.69. The third-order valence-corrected chi connectivity index (χ3v) is 2.07. The SMILES string of the molecule is Nc1ccc(Br)nc1F.Nc1cccnc1F. The summed E-state index contributed by atoms with van der Waals surface area (Å²) >= 11 is 2.99. The molecule has 0 fully saturated rings. The minimum Gasteiger partial charge on any atom is -0.395 e. The molecule has 0 spiro atoms. The fourth-order valence-electron chi connectivity index (χ4n) is 0.821. The maximum absolute atomic E-state index is 12.3. The Morgan fingerprint density at radius 3 is 2.06 bits per heavy atom. The van der Waals surface area contributed by atoms with Gasteiger partial charge in [-0.15, -0.1) is 0 Å². The van der Waals surface area contributed by atoms with Crippen molar-refractivity contribution in [3.63, 3.8) is 0 Å². The number of hydrogen-bond donors (Lipinski definition) is 2. The van der Waals surface area contributed by atoms with Gasteiger partial charge in [0.05, 0.1) is 11.4 Å². The topological polar surface area (TPSA) is 77.8 Å². The highest BCUT2D eigenvalue weighted by molar-refractivity contribution is 9.10. The molecule has 0 saturated heterocycles. The van der Waals surface area contributed by atoms with Gasteiger partial charge in [-0.2, -0.15) is 8.78 Å². The van der Waals surface area contributed by atoms with Crippen LogP contribution in [0.25, 0.3) is 0 Å². The van der Waals surface area contributed by atoms with E-state index in [1.165, 1.54) is 18.3 Å². The molecule has 2 rings (SSSR count). The van der Waals surface area contributed by atoms with Gasteiger partial charge in [-0.05, 0) is 40.2 Å². The Morgan fingerprint density at radius 1 is 1.00 bits per heavy atom. The summed E-state index contributed by atoms with van der Waals surface area (Å²) in [6.45, 7) is 0. The Kier molecular flexibility index (Phi) is 4.77. The maximum atomic E-state index is 12.3. The lowest BCUT2D eigenvalue weighted by molar-refractivity contribution is 0.586. The van der Waals surface area contributed by atoms with E-state index in [1.54, 1.807) is 12.1 Å². The molecule has 90 valence electrons. The minimum atomic E-state index is -0.635. The molecular formula is C10H9BrF2N4. The second kappa shape index (κ2) is 6.09. The number of anilines is 2. The van der Waals surface area contributed by atoms with E-state index in [2.05, 4.69) is 25.9 Å². The summed E-state index contributed by atoms with van der Waals surface area (Å²) in [5, 5.41) is 0. The van der Waals surface area contributed by atoms with Gasteiger partial charge in [-0.3, -0.25) is 0 Å². The molecule has 0 unspecified atom stereocenters. The zero-order valence-electron chi connectivity index (χ0n) is 8.57. The lowest BCUT2D eigenvalue weighted by atomic mass is 10.4. The second-order valence-electron chi connectivity index (χ2n) is 2.90. The van der Waals surface area contributed by atoms with Crippen molar-refractivity contribution in [2.45, 2.75) is 0 Å². The van der Waals surface area contributed by atoms with Gasteiger partial charge in [0.25, 0.3) is 0 Å². The first-order valence-corrected chi connectivity index (χ1v) is 5.23. The van der Waals surface area contributed by atoms with Crippen LogP contribution in [0.4, 0.5) is 20.2 Å². The van der Waals surface area contributed by atoms with Gasteiger partial charge in [0.1, 0.15) is 4.60 Å². The molecular weight excluding hydrogens is 294 g/mol. The summed E-state index contributed by atoms with van der Waals surface area (Å²) in [5.41, 5.74) is 10.4. The quantitative estimate of drug-likeness (QED) is 0.732. The Hall–Kier alpha value is -1.76. The number of nitrogens with two attached hydrogens (primary N) is 2. The fourth-order valence-corrected chi connectivity index (χ4v) is 1.11. The molecule has 2 heterocycles. The van der Waals surface area contributed by atoms with E-state index < -0.39 is 11.9 Å². The number of pyridine rings is 2. The number of hydrogen-bond acceptors (Lipinski definition) is 4. The molecule has 2 aromatic heterocycles. The zero-order valence-corrected chi connectivity index (χ0v) is 10.2. The molecule has 0 aliphatic carbocycles. The third kappa shape index (κ3) is 4.31. The van der Waals surface area contributed by atoms with E-state index in [-0.39, 0.29) is 11.4 Å². The molecule has 0 aliphatic rings. The molecule has 0 saturated carbocycles. The first kappa shape index (κ1) is 13.3. The smallest absolute Gasteiger partial charge is 0.237 e. The van der Waals surface area contributed by atoms with Crippen LogP contribution >= 0.6 is 15.9 Å². The number of aromatic nitrogens is 2. The van der Waals surface area contributed by atoms with E-state index >= 15 is 0 Å². The highest BCUT2D eigenvalue weighted by Crippen LogP contribution is 2.11. The molecule has 0 bridgehead atoms. The van der Waals surface area contributed by atoms with Crippen LogP contribution in [0.15, 0.2) is 35.1 Å². The van der Waals surface area contributed by atoms with Crippen molar-refractivity contribution in [2.75, 3.05) is 11.5 Å². The van der Waals surface area contributed by atoms with E-state index in [0.29, 0.717) is 4.60 Å². The number of nitrogens with zero attached hydrogens (tertiary/aromatic N) is 2. The van der Waals surface area contributed by atoms with Gasteiger partial charge < -0.3 is 11.5 Å². The molecule has 0 amide bonds. The number of rotatable bonds is 0. The highest BCUT2D eigenvalue weighted by Gasteiger charge is 1.97. The average Bonchev–Trinajstić information content (AvgIpc) is 2.29. The maximum Gasteiger partial charge on any atom is 0.237 e. The van der Waals surface area contributed by atoms with E-state index in [4.69, 9.17) is 11.5 Å². The van der Waals surface area contributed by atoms with Crippen molar-refractivity contribution in [3.05, 3.63) is 47.0 Å². The van der Waals surface area contributed by atoms with Gasteiger partial charge >= 0.3 is 0 Å². The first-order chi connectivity index (χ1) is 8.00. The van der Waals surface area contributed by atoms with Crippen LogP contribution in [0.1, 0.15) is 0 Å². The van der Waals surface area contributed by atoms with Crippen molar-refractivity contribution < 1.29 is 8.78 Å². The van der Waals surface area contributed by atoms with E-state index in [0.717, 1.165) is 0 Å². The Balaban J connectivity index is 0.000000171. The summed E-state index contributed by atoms with van der Waals surface area (Å²) in [5.74, 6) is -1.24. The fraction of sp³-hybridized carbons (Fsp3) is 0.